The van der Waals surface area contributed by atoms with Crippen LogP contribution in [0.5, 0.6) is 0 Å². The maximum Gasteiger partial charge on any atom is 0.407 e. The molecule has 6 rings (SSSR count). The van der Waals surface area contributed by atoms with Crippen molar-refractivity contribution in [2.45, 2.75) is 40.3 Å². The molecule has 1 fully saturated rings. The van der Waals surface area contributed by atoms with Crippen LogP contribution in [0.1, 0.15) is 37.5 Å². The van der Waals surface area contributed by atoms with Crippen LogP contribution in [-0.2, 0) is 6.54 Å². The molecule has 0 bridgehead atoms. The van der Waals surface area contributed by atoms with Gasteiger partial charge in [0.2, 0.25) is 0 Å². The lowest BCUT2D eigenvalue weighted by Gasteiger charge is -2.46. The zero-order chi connectivity index (χ0) is 29.6. The standard InChI is InChI=1S/C33H34N6O3/c1-20-24-9-10-36-27(24)7-6-26(20)37-31-23(15-34)16-35-17-25(31)29-14-22-13-21(5-8-28(22)42-29)18-38-11-12-39(32(40)41)30(19-38)33(2,3)4/h5-10,13-14,16-17,30,36H,11-12,18-19H2,1-4H3,(H,35,37)(H,40,41). The highest BCUT2D eigenvalue weighted by atomic mass is 16.4. The Labute approximate surface area is 244 Å². The molecule has 9 heteroatoms. The quantitative estimate of drug-likeness (QED) is 0.209. The molecule has 0 saturated carbocycles. The van der Waals surface area contributed by atoms with E-state index in [4.69, 9.17) is 4.42 Å². The number of hydrogen-bond donors (Lipinski definition) is 3. The highest BCUT2D eigenvalue weighted by Gasteiger charge is 2.37. The van der Waals surface area contributed by atoms with E-state index in [2.05, 4.69) is 66.1 Å². The molecule has 9 nitrogen and oxygen atoms in total. The number of rotatable bonds is 5. The lowest BCUT2D eigenvalue weighted by atomic mass is 9.84. The van der Waals surface area contributed by atoms with Crippen LogP contribution in [0.3, 0.4) is 0 Å². The number of H-pyrrole nitrogens is 1. The topological polar surface area (TPSA) is 121 Å². The summed E-state index contributed by atoms with van der Waals surface area (Å²) < 4.78 is 6.29. The van der Waals surface area contributed by atoms with E-state index in [9.17, 15) is 15.2 Å². The van der Waals surface area contributed by atoms with Crippen LogP contribution in [0, 0.1) is 23.7 Å². The fraction of sp³-hybridized carbons (Fsp3) is 0.303. The number of nitrogens with zero attached hydrogens (tertiary/aromatic N) is 4. The Hall–Kier alpha value is -4.81. The van der Waals surface area contributed by atoms with Gasteiger partial charge >= 0.3 is 6.09 Å². The monoisotopic (exact) mass is 562 g/mol. The summed E-state index contributed by atoms with van der Waals surface area (Å²) >= 11 is 0. The van der Waals surface area contributed by atoms with Gasteiger partial charge in [0, 0.05) is 66.7 Å². The first kappa shape index (κ1) is 27.4. The second-order valence-corrected chi connectivity index (χ2v) is 12.1. The largest absolute Gasteiger partial charge is 0.465 e. The summed E-state index contributed by atoms with van der Waals surface area (Å²) in [4.78, 5) is 23.3. The molecule has 214 valence electrons. The minimum Gasteiger partial charge on any atom is -0.465 e. The molecule has 1 saturated heterocycles. The zero-order valence-electron chi connectivity index (χ0n) is 24.2. The molecule has 0 aliphatic carbocycles. The van der Waals surface area contributed by atoms with Crippen LogP contribution in [-0.4, -0.2) is 56.6 Å². The van der Waals surface area contributed by atoms with E-state index in [1.54, 1.807) is 17.3 Å². The second-order valence-electron chi connectivity index (χ2n) is 12.1. The minimum absolute atomic E-state index is 0.0829. The van der Waals surface area contributed by atoms with Crippen LogP contribution in [0.15, 0.2) is 65.5 Å². The summed E-state index contributed by atoms with van der Waals surface area (Å²) in [6, 6.07) is 16.4. The number of pyridine rings is 1. The summed E-state index contributed by atoms with van der Waals surface area (Å²) in [6.07, 6.45) is 4.35. The predicted octanol–water partition coefficient (Wildman–Crippen LogP) is 7.11. The van der Waals surface area contributed by atoms with Crippen LogP contribution in [0.4, 0.5) is 16.2 Å². The van der Waals surface area contributed by atoms with Crippen molar-refractivity contribution < 1.29 is 14.3 Å². The van der Waals surface area contributed by atoms with Crippen molar-refractivity contribution in [3.63, 3.8) is 0 Å². The van der Waals surface area contributed by atoms with Gasteiger partial charge in [-0.05, 0) is 59.9 Å². The van der Waals surface area contributed by atoms with Crippen LogP contribution in [0.25, 0.3) is 33.2 Å². The Morgan fingerprint density at radius 3 is 2.79 bits per heavy atom. The zero-order valence-corrected chi connectivity index (χ0v) is 24.2. The summed E-state index contributed by atoms with van der Waals surface area (Å²) in [5.41, 5.74) is 6.53. The summed E-state index contributed by atoms with van der Waals surface area (Å²) in [6.45, 7) is 10.9. The lowest BCUT2D eigenvalue weighted by molar-refractivity contribution is 0.0190. The molecule has 2 aromatic carbocycles. The average molecular weight is 563 g/mol. The molecule has 4 heterocycles. The molecular weight excluding hydrogens is 528 g/mol. The van der Waals surface area contributed by atoms with Gasteiger partial charge < -0.3 is 24.7 Å². The van der Waals surface area contributed by atoms with Gasteiger partial charge in [-0.3, -0.25) is 9.88 Å². The molecule has 3 aromatic heterocycles. The number of benzene rings is 2. The minimum atomic E-state index is -0.856. The molecule has 0 radical (unpaired) electrons. The van der Waals surface area contributed by atoms with Crippen molar-refractivity contribution in [2.75, 3.05) is 25.0 Å². The first-order valence-corrected chi connectivity index (χ1v) is 14.1. The number of carboxylic acid groups (broad SMARTS) is 1. The number of nitriles is 1. The molecule has 1 amide bonds. The highest BCUT2D eigenvalue weighted by molar-refractivity contribution is 5.92. The molecule has 1 atom stereocenters. The van der Waals surface area contributed by atoms with Crippen LogP contribution < -0.4 is 5.32 Å². The Balaban J connectivity index is 1.29. The molecule has 1 aliphatic rings. The number of anilines is 2. The number of nitrogens with one attached hydrogen (secondary N) is 2. The van der Waals surface area contributed by atoms with Crippen molar-refractivity contribution in [3.8, 4) is 17.4 Å². The number of hydrogen-bond acceptors (Lipinski definition) is 6. The van der Waals surface area contributed by atoms with Gasteiger partial charge in [0.25, 0.3) is 0 Å². The van der Waals surface area contributed by atoms with Crippen molar-refractivity contribution in [2.24, 2.45) is 5.41 Å². The number of aryl methyl sites for hydroxylation is 1. The first-order chi connectivity index (χ1) is 20.1. The number of piperazine rings is 1. The molecule has 3 N–H and O–H groups in total. The number of furan rings is 1. The molecule has 5 aromatic rings. The Kier molecular flexibility index (Phi) is 6.87. The third-order valence-corrected chi connectivity index (χ3v) is 8.29. The summed E-state index contributed by atoms with van der Waals surface area (Å²) in [5, 5.41) is 25.2. The van der Waals surface area contributed by atoms with Gasteiger partial charge in [-0.15, -0.1) is 0 Å². The second kappa shape index (κ2) is 10.5. The van der Waals surface area contributed by atoms with Crippen LogP contribution in [0.2, 0.25) is 0 Å². The maximum absolute atomic E-state index is 11.8. The third kappa shape index (κ3) is 5.06. The predicted molar refractivity (Wildman–Crippen MR) is 164 cm³/mol. The number of fused-ring (bicyclic) bond motifs is 2. The number of aromatic nitrogens is 2. The van der Waals surface area contributed by atoms with Crippen molar-refractivity contribution >= 4 is 39.3 Å². The number of aromatic amines is 1. The average Bonchev–Trinajstić information content (AvgIpc) is 3.61. The summed E-state index contributed by atoms with van der Waals surface area (Å²) in [7, 11) is 0. The number of carbonyl (C=O) groups is 1. The van der Waals surface area contributed by atoms with Crippen molar-refractivity contribution in [1.82, 2.24) is 19.8 Å². The van der Waals surface area contributed by atoms with E-state index in [-0.39, 0.29) is 11.5 Å². The molecule has 0 spiro atoms. The van der Waals surface area contributed by atoms with Crippen LogP contribution >= 0.6 is 0 Å². The first-order valence-electron chi connectivity index (χ1n) is 14.1. The van der Waals surface area contributed by atoms with E-state index in [1.807, 2.05) is 36.5 Å². The molecule has 1 unspecified atom stereocenters. The third-order valence-electron chi connectivity index (χ3n) is 8.29. The maximum atomic E-state index is 11.8. The van der Waals surface area contributed by atoms with E-state index in [1.165, 1.54) is 0 Å². The molecule has 42 heavy (non-hydrogen) atoms. The molecular formula is C33H34N6O3. The number of amides is 1. The SMILES string of the molecule is Cc1c(Nc2c(C#N)cncc2-c2cc3cc(CN4CCN(C(=O)O)C(C(C)(C)C)C4)ccc3o2)ccc2[nH]ccc12. The van der Waals surface area contributed by atoms with E-state index < -0.39 is 6.09 Å². The van der Waals surface area contributed by atoms with Gasteiger partial charge in [0.05, 0.1) is 22.9 Å². The van der Waals surface area contributed by atoms with Gasteiger partial charge in [-0.1, -0.05) is 26.8 Å². The lowest BCUT2D eigenvalue weighted by Crippen LogP contribution is -2.59. The fourth-order valence-corrected chi connectivity index (χ4v) is 5.96. The Bertz CT molecular complexity index is 1840. The van der Waals surface area contributed by atoms with E-state index in [0.717, 1.165) is 45.2 Å². The van der Waals surface area contributed by atoms with Gasteiger partial charge in [0.1, 0.15) is 17.4 Å². The van der Waals surface area contributed by atoms with E-state index >= 15 is 0 Å². The Morgan fingerprint density at radius 2 is 2.02 bits per heavy atom. The van der Waals surface area contributed by atoms with Gasteiger partial charge in [-0.25, -0.2) is 4.79 Å². The normalized spacial score (nSPS) is 16.2. The molecule has 1 aliphatic heterocycles. The van der Waals surface area contributed by atoms with Gasteiger partial charge in [0.15, 0.2) is 0 Å². The Morgan fingerprint density at radius 1 is 1.19 bits per heavy atom. The smallest absolute Gasteiger partial charge is 0.407 e. The van der Waals surface area contributed by atoms with Crippen molar-refractivity contribution in [1.29, 1.82) is 5.26 Å². The van der Waals surface area contributed by atoms with Gasteiger partial charge in [-0.2, -0.15) is 5.26 Å². The highest BCUT2D eigenvalue weighted by Crippen LogP contribution is 2.38. The van der Waals surface area contributed by atoms with Crippen molar-refractivity contribution in [3.05, 3.63) is 77.7 Å². The summed E-state index contributed by atoms with van der Waals surface area (Å²) in [5.74, 6) is 0.623. The fourth-order valence-electron chi connectivity index (χ4n) is 5.96. The van der Waals surface area contributed by atoms with E-state index in [0.29, 0.717) is 42.2 Å².